The molecule has 3 nitrogen and oxygen atoms in total. The van der Waals surface area contributed by atoms with Gasteiger partial charge in [-0.15, -0.1) is 0 Å². The molecule has 1 atom stereocenters. The maximum absolute atomic E-state index is 8.95. The third kappa shape index (κ3) is 3.75. The minimum Gasteiger partial charge on any atom is -0.396 e. The first-order valence-electron chi connectivity index (χ1n) is 6.52. The van der Waals surface area contributed by atoms with E-state index in [1.165, 1.54) is 31.4 Å². The maximum Gasteiger partial charge on any atom is 0.0723 e. The smallest absolute Gasteiger partial charge is 0.0723 e. The first kappa shape index (κ1) is 13.0. The zero-order valence-corrected chi connectivity index (χ0v) is 11.3. The summed E-state index contributed by atoms with van der Waals surface area (Å²) in [6.45, 7) is 2.35. The van der Waals surface area contributed by atoms with Crippen molar-refractivity contribution in [1.29, 1.82) is 0 Å². The molecule has 1 aromatic rings. The van der Waals surface area contributed by atoms with Crippen molar-refractivity contribution in [2.24, 2.45) is 5.92 Å². The zero-order chi connectivity index (χ0) is 12.1. The van der Waals surface area contributed by atoms with E-state index >= 15 is 0 Å². The Labute approximate surface area is 108 Å². The van der Waals surface area contributed by atoms with Crippen LogP contribution in [-0.2, 0) is 5.75 Å². The van der Waals surface area contributed by atoms with Gasteiger partial charge in [-0.05, 0) is 30.6 Å². The Hall–Kier alpha value is -0.480. The third-order valence-electron chi connectivity index (χ3n) is 3.33. The number of hydrogen-bond donors (Lipinski definition) is 1. The lowest BCUT2D eigenvalue weighted by Crippen LogP contribution is -2.06. The summed E-state index contributed by atoms with van der Waals surface area (Å²) in [6, 6.07) is 2.78. The van der Waals surface area contributed by atoms with Crippen molar-refractivity contribution in [3.8, 4) is 0 Å². The average Bonchev–Trinajstić information content (AvgIpc) is 2.98. The van der Waals surface area contributed by atoms with Crippen molar-refractivity contribution < 1.29 is 5.11 Å². The number of aliphatic hydroxyl groups excluding tert-OH is 1. The molecule has 96 valence electrons. The summed E-state index contributed by atoms with van der Waals surface area (Å²) in [7, 11) is 0. The lowest BCUT2D eigenvalue weighted by molar-refractivity contribution is 0.250. The van der Waals surface area contributed by atoms with Gasteiger partial charge in [0.25, 0.3) is 0 Å². The highest BCUT2D eigenvalue weighted by molar-refractivity contribution is 7.98. The maximum atomic E-state index is 8.95. The predicted molar refractivity (Wildman–Crippen MR) is 72.1 cm³/mol. The molecule has 0 bridgehead atoms. The third-order valence-corrected chi connectivity index (χ3v) is 4.63. The molecule has 1 fully saturated rings. The Morgan fingerprint density at radius 1 is 1.53 bits per heavy atom. The van der Waals surface area contributed by atoms with Crippen LogP contribution in [0.5, 0.6) is 0 Å². The van der Waals surface area contributed by atoms with Crippen LogP contribution in [0.4, 0.5) is 0 Å². The summed E-state index contributed by atoms with van der Waals surface area (Å²) >= 11 is 1.86. The van der Waals surface area contributed by atoms with Crippen molar-refractivity contribution in [2.75, 3.05) is 12.4 Å². The molecule has 4 heteroatoms. The number of nitrogens with zero attached hydrogens (tertiary/aromatic N) is 2. The summed E-state index contributed by atoms with van der Waals surface area (Å²) in [6.07, 6.45) is 7.40. The summed E-state index contributed by atoms with van der Waals surface area (Å²) in [5.74, 6) is 2.36. The summed E-state index contributed by atoms with van der Waals surface area (Å²) < 4.78 is 2.15. The van der Waals surface area contributed by atoms with Crippen LogP contribution in [-0.4, -0.2) is 27.2 Å². The molecule has 0 radical (unpaired) electrons. The number of rotatable bonds is 6. The van der Waals surface area contributed by atoms with Crippen molar-refractivity contribution >= 4 is 11.8 Å². The molecule has 1 aromatic heterocycles. The molecule has 2 rings (SSSR count). The van der Waals surface area contributed by atoms with Gasteiger partial charge >= 0.3 is 0 Å². The van der Waals surface area contributed by atoms with Crippen molar-refractivity contribution in [3.63, 3.8) is 0 Å². The molecular weight excluding hydrogens is 232 g/mol. The molecule has 17 heavy (non-hydrogen) atoms. The molecular formula is C13H22N2OS. The van der Waals surface area contributed by atoms with Crippen molar-refractivity contribution in [2.45, 2.75) is 44.4 Å². The van der Waals surface area contributed by atoms with Crippen LogP contribution < -0.4 is 0 Å². The number of hydrogen-bond acceptors (Lipinski definition) is 3. The molecule has 0 aliphatic heterocycles. The van der Waals surface area contributed by atoms with Gasteiger partial charge in [0.15, 0.2) is 0 Å². The highest BCUT2D eigenvalue weighted by Gasteiger charge is 2.17. The Morgan fingerprint density at radius 2 is 2.29 bits per heavy atom. The molecule has 1 N–H and O–H groups in total. The van der Waals surface area contributed by atoms with E-state index in [-0.39, 0.29) is 6.61 Å². The van der Waals surface area contributed by atoms with E-state index in [0.29, 0.717) is 12.0 Å². The van der Waals surface area contributed by atoms with Crippen LogP contribution in [0.3, 0.4) is 0 Å². The summed E-state index contributed by atoms with van der Waals surface area (Å²) in [5, 5.41) is 13.6. The lowest BCUT2D eigenvalue weighted by Gasteiger charge is -2.09. The summed E-state index contributed by atoms with van der Waals surface area (Å²) in [4.78, 5) is 0. The fourth-order valence-electron chi connectivity index (χ4n) is 2.24. The number of thioether (sulfide) groups is 1. The van der Waals surface area contributed by atoms with Gasteiger partial charge in [-0.25, -0.2) is 0 Å². The minimum atomic E-state index is 0.281. The molecule has 1 unspecified atom stereocenters. The SMILES string of the molecule is CC(CO)CSCc1ccn(C2CCCC2)n1. The van der Waals surface area contributed by atoms with Crippen molar-refractivity contribution in [3.05, 3.63) is 18.0 Å². The molecule has 1 heterocycles. The Kier molecular flexibility index (Phi) is 4.92. The first-order valence-corrected chi connectivity index (χ1v) is 7.67. The quantitative estimate of drug-likeness (QED) is 0.848. The molecule has 1 aliphatic carbocycles. The van der Waals surface area contributed by atoms with Gasteiger partial charge < -0.3 is 5.11 Å². The van der Waals surface area contributed by atoms with E-state index in [9.17, 15) is 0 Å². The number of aromatic nitrogens is 2. The van der Waals surface area contributed by atoms with E-state index in [1.54, 1.807) is 0 Å². The second kappa shape index (κ2) is 6.45. The second-order valence-electron chi connectivity index (χ2n) is 5.03. The van der Waals surface area contributed by atoms with E-state index in [2.05, 4.69) is 29.0 Å². The molecule has 0 amide bonds. The van der Waals surface area contributed by atoms with Gasteiger partial charge in [-0.2, -0.15) is 16.9 Å². The highest BCUT2D eigenvalue weighted by Crippen LogP contribution is 2.29. The normalized spacial score (nSPS) is 18.7. The molecule has 1 saturated carbocycles. The van der Waals surface area contributed by atoms with Crippen LogP contribution in [0, 0.1) is 5.92 Å². The number of aliphatic hydroxyl groups is 1. The Balaban J connectivity index is 1.77. The first-order chi connectivity index (χ1) is 8.29. The fraction of sp³-hybridized carbons (Fsp3) is 0.769. The van der Waals surface area contributed by atoms with Gasteiger partial charge in [0.05, 0.1) is 11.7 Å². The molecule has 1 aliphatic rings. The van der Waals surface area contributed by atoms with Gasteiger partial charge in [-0.3, -0.25) is 4.68 Å². The van der Waals surface area contributed by atoms with Crippen LogP contribution >= 0.6 is 11.8 Å². The Bertz CT molecular complexity index is 334. The van der Waals surface area contributed by atoms with Gasteiger partial charge in [0.1, 0.15) is 0 Å². The molecule has 0 aromatic carbocycles. The summed E-state index contributed by atoms with van der Waals surface area (Å²) in [5.41, 5.74) is 1.17. The largest absolute Gasteiger partial charge is 0.396 e. The Morgan fingerprint density at radius 3 is 3.00 bits per heavy atom. The van der Waals surface area contributed by atoms with E-state index in [0.717, 1.165) is 11.5 Å². The van der Waals surface area contributed by atoms with Gasteiger partial charge in [-0.1, -0.05) is 19.8 Å². The average molecular weight is 254 g/mol. The second-order valence-corrected chi connectivity index (χ2v) is 6.06. The van der Waals surface area contributed by atoms with Gasteiger partial charge in [0.2, 0.25) is 0 Å². The van der Waals surface area contributed by atoms with Crippen LogP contribution in [0.25, 0.3) is 0 Å². The van der Waals surface area contributed by atoms with Crippen LogP contribution in [0.15, 0.2) is 12.3 Å². The van der Waals surface area contributed by atoms with E-state index in [1.807, 2.05) is 11.8 Å². The fourth-order valence-corrected chi connectivity index (χ4v) is 3.23. The topological polar surface area (TPSA) is 38.0 Å². The van der Waals surface area contributed by atoms with Crippen LogP contribution in [0.2, 0.25) is 0 Å². The lowest BCUT2D eigenvalue weighted by atomic mass is 10.2. The van der Waals surface area contributed by atoms with Gasteiger partial charge in [0, 0.05) is 18.6 Å². The van der Waals surface area contributed by atoms with Crippen LogP contribution in [0.1, 0.15) is 44.3 Å². The van der Waals surface area contributed by atoms with E-state index < -0.39 is 0 Å². The zero-order valence-electron chi connectivity index (χ0n) is 10.5. The monoisotopic (exact) mass is 254 g/mol. The van der Waals surface area contributed by atoms with Crippen molar-refractivity contribution in [1.82, 2.24) is 9.78 Å². The predicted octanol–water partition coefficient (Wildman–Crippen LogP) is 2.86. The minimum absolute atomic E-state index is 0.281. The molecule has 0 saturated heterocycles. The van der Waals surface area contributed by atoms with E-state index in [4.69, 9.17) is 5.11 Å². The highest BCUT2D eigenvalue weighted by atomic mass is 32.2. The standard InChI is InChI=1S/C13H22N2OS/c1-11(8-16)9-17-10-12-6-7-15(14-12)13-4-2-3-5-13/h6-7,11,13,16H,2-5,8-10H2,1H3. The molecule has 0 spiro atoms.